The van der Waals surface area contributed by atoms with Crippen LogP contribution in [0.4, 0.5) is 13.2 Å². The zero-order chi connectivity index (χ0) is 16.5. The molecule has 1 aromatic heterocycles. The summed E-state index contributed by atoms with van der Waals surface area (Å²) in [5, 5.41) is -0.149. The summed E-state index contributed by atoms with van der Waals surface area (Å²) in [7, 11) is 0.964. The normalized spacial score (nSPS) is 11.4. The molecule has 2 rings (SSSR count). The molecule has 0 N–H and O–H groups in total. The quantitative estimate of drug-likeness (QED) is 0.574. The Morgan fingerprint density at radius 1 is 1.18 bits per heavy atom. The zero-order valence-corrected chi connectivity index (χ0v) is 12.6. The van der Waals surface area contributed by atoms with E-state index in [4.69, 9.17) is 23.2 Å². The van der Waals surface area contributed by atoms with Gasteiger partial charge in [0.25, 0.3) is 0 Å². The van der Waals surface area contributed by atoms with Crippen LogP contribution in [0.5, 0.6) is 0 Å². The van der Waals surface area contributed by atoms with Crippen molar-refractivity contribution in [3.63, 3.8) is 0 Å². The van der Waals surface area contributed by atoms with Gasteiger partial charge in [-0.1, -0.05) is 35.3 Å². The van der Waals surface area contributed by atoms with Gasteiger partial charge in [0.2, 0.25) is 0 Å². The molecule has 3 nitrogen and oxygen atoms in total. The molecule has 0 aliphatic carbocycles. The summed E-state index contributed by atoms with van der Waals surface area (Å²) in [6, 6.07) is 6.77. The van der Waals surface area contributed by atoms with Crippen molar-refractivity contribution < 1.29 is 22.7 Å². The molecule has 0 fully saturated rings. The first-order chi connectivity index (χ1) is 10.2. The van der Waals surface area contributed by atoms with Crippen molar-refractivity contribution in [3.8, 4) is 11.3 Å². The number of hydrogen-bond donors (Lipinski definition) is 0. The number of esters is 1. The Morgan fingerprint density at radius 2 is 1.77 bits per heavy atom. The highest BCUT2D eigenvalue weighted by molar-refractivity contribution is 6.32. The van der Waals surface area contributed by atoms with Crippen LogP contribution in [0.15, 0.2) is 30.3 Å². The fourth-order valence-corrected chi connectivity index (χ4v) is 2.20. The van der Waals surface area contributed by atoms with E-state index in [1.807, 2.05) is 0 Å². The Balaban J connectivity index is 2.68. The molecule has 2 aromatic rings. The number of pyridine rings is 1. The van der Waals surface area contributed by atoms with Crippen molar-refractivity contribution in [2.75, 3.05) is 7.11 Å². The fourth-order valence-electron chi connectivity index (χ4n) is 1.80. The number of methoxy groups -OCH3 is 1. The predicted molar refractivity (Wildman–Crippen MR) is 76.0 cm³/mol. The Morgan fingerprint density at radius 3 is 2.27 bits per heavy atom. The predicted octanol–water partition coefficient (Wildman–Crippen LogP) is 4.86. The number of rotatable bonds is 2. The molecule has 0 radical (unpaired) electrons. The van der Waals surface area contributed by atoms with Crippen LogP contribution in [-0.4, -0.2) is 18.1 Å². The van der Waals surface area contributed by atoms with Gasteiger partial charge in [-0.3, -0.25) is 0 Å². The third kappa shape index (κ3) is 3.34. The van der Waals surface area contributed by atoms with E-state index in [1.165, 1.54) is 24.3 Å². The lowest BCUT2D eigenvalue weighted by atomic mass is 10.0. The molecule has 0 unspecified atom stereocenters. The van der Waals surface area contributed by atoms with E-state index >= 15 is 0 Å². The SMILES string of the molecule is COC(=O)c1c(C(F)(F)F)cc(-c2ccc(Cl)cc2)nc1Cl. The first kappa shape index (κ1) is 16.6. The molecule has 1 aromatic carbocycles. The first-order valence-electron chi connectivity index (χ1n) is 5.86. The van der Waals surface area contributed by atoms with Crippen LogP contribution in [0.25, 0.3) is 11.3 Å². The van der Waals surface area contributed by atoms with Gasteiger partial charge in [0.1, 0.15) is 10.7 Å². The number of benzene rings is 1. The number of carbonyl (C=O) groups is 1. The minimum atomic E-state index is -4.78. The van der Waals surface area contributed by atoms with Crippen LogP contribution in [0.3, 0.4) is 0 Å². The first-order valence-corrected chi connectivity index (χ1v) is 6.61. The third-order valence-electron chi connectivity index (χ3n) is 2.81. The second kappa shape index (κ2) is 6.14. The largest absolute Gasteiger partial charge is 0.465 e. The molecule has 0 spiro atoms. The van der Waals surface area contributed by atoms with E-state index in [-0.39, 0.29) is 5.69 Å². The van der Waals surface area contributed by atoms with Gasteiger partial charge in [-0.15, -0.1) is 0 Å². The molecule has 22 heavy (non-hydrogen) atoms. The van der Waals surface area contributed by atoms with Gasteiger partial charge in [-0.25, -0.2) is 9.78 Å². The summed E-state index contributed by atoms with van der Waals surface area (Å²) in [6.45, 7) is 0. The standard InChI is InChI=1S/C14H8Cl2F3NO2/c1-22-13(21)11-9(14(17,18)19)6-10(20-12(11)16)7-2-4-8(15)5-3-7/h2-6H,1H3. The maximum absolute atomic E-state index is 13.2. The van der Waals surface area contributed by atoms with Crippen molar-refractivity contribution in [2.45, 2.75) is 6.18 Å². The van der Waals surface area contributed by atoms with Crippen molar-refractivity contribution in [1.82, 2.24) is 4.98 Å². The lowest BCUT2D eigenvalue weighted by Gasteiger charge is -2.14. The van der Waals surface area contributed by atoms with E-state index in [9.17, 15) is 18.0 Å². The number of halogens is 5. The van der Waals surface area contributed by atoms with Crippen molar-refractivity contribution in [1.29, 1.82) is 0 Å². The molecule has 0 aliphatic heterocycles. The highest BCUT2D eigenvalue weighted by Crippen LogP contribution is 2.37. The minimum Gasteiger partial charge on any atom is -0.465 e. The molecule has 0 saturated heterocycles. The van der Waals surface area contributed by atoms with E-state index in [1.54, 1.807) is 0 Å². The topological polar surface area (TPSA) is 39.2 Å². The number of ether oxygens (including phenoxy) is 1. The molecule has 0 bridgehead atoms. The van der Waals surface area contributed by atoms with Gasteiger partial charge in [0, 0.05) is 10.6 Å². The van der Waals surface area contributed by atoms with Gasteiger partial charge in [0.15, 0.2) is 0 Å². The molecule has 116 valence electrons. The summed E-state index contributed by atoms with van der Waals surface area (Å²) >= 11 is 11.5. The van der Waals surface area contributed by atoms with E-state index in [0.29, 0.717) is 10.6 Å². The molecule has 0 saturated carbocycles. The van der Waals surface area contributed by atoms with Crippen molar-refractivity contribution >= 4 is 29.2 Å². The van der Waals surface area contributed by atoms with Crippen LogP contribution in [0.2, 0.25) is 10.2 Å². The van der Waals surface area contributed by atoms with Crippen LogP contribution < -0.4 is 0 Å². The number of nitrogens with zero attached hydrogens (tertiary/aromatic N) is 1. The number of alkyl halides is 3. The Hall–Kier alpha value is -1.79. The number of hydrogen-bond acceptors (Lipinski definition) is 3. The highest BCUT2D eigenvalue weighted by Gasteiger charge is 2.38. The smallest absolute Gasteiger partial charge is 0.417 e. The average molecular weight is 350 g/mol. The maximum atomic E-state index is 13.2. The lowest BCUT2D eigenvalue weighted by Crippen LogP contribution is -2.16. The monoisotopic (exact) mass is 349 g/mol. The van der Waals surface area contributed by atoms with Crippen molar-refractivity contribution in [2.24, 2.45) is 0 Å². The van der Waals surface area contributed by atoms with Crippen molar-refractivity contribution in [3.05, 3.63) is 51.6 Å². The maximum Gasteiger partial charge on any atom is 0.417 e. The minimum absolute atomic E-state index is 0.0263. The van der Waals surface area contributed by atoms with Crippen LogP contribution in [0, 0.1) is 0 Å². The molecular weight excluding hydrogens is 342 g/mol. The molecule has 8 heteroatoms. The summed E-state index contributed by atoms with van der Waals surface area (Å²) in [6.07, 6.45) is -4.78. The summed E-state index contributed by atoms with van der Waals surface area (Å²) in [5.74, 6) is -1.20. The van der Waals surface area contributed by atoms with Crippen LogP contribution >= 0.6 is 23.2 Å². The highest BCUT2D eigenvalue weighted by atomic mass is 35.5. The van der Waals surface area contributed by atoms with E-state index in [0.717, 1.165) is 13.2 Å². The van der Waals surface area contributed by atoms with E-state index in [2.05, 4.69) is 9.72 Å². The fraction of sp³-hybridized carbons (Fsp3) is 0.143. The second-order valence-electron chi connectivity index (χ2n) is 4.22. The molecule has 0 amide bonds. The Bertz CT molecular complexity index is 715. The molecule has 0 atom stereocenters. The third-order valence-corrected chi connectivity index (χ3v) is 3.34. The van der Waals surface area contributed by atoms with Crippen LogP contribution in [-0.2, 0) is 10.9 Å². The Kier molecular flexibility index (Phi) is 4.63. The zero-order valence-electron chi connectivity index (χ0n) is 11.0. The summed E-state index contributed by atoms with van der Waals surface area (Å²) in [5.41, 5.74) is -1.66. The van der Waals surface area contributed by atoms with Gasteiger partial charge >= 0.3 is 12.1 Å². The van der Waals surface area contributed by atoms with E-state index < -0.39 is 28.4 Å². The number of aromatic nitrogens is 1. The summed E-state index contributed by atoms with van der Waals surface area (Å²) < 4.78 is 43.8. The molecular formula is C14H8Cl2F3NO2. The molecule has 1 heterocycles. The number of carbonyl (C=O) groups excluding carboxylic acids is 1. The van der Waals surface area contributed by atoms with Gasteiger partial charge in [-0.2, -0.15) is 13.2 Å². The lowest BCUT2D eigenvalue weighted by molar-refractivity contribution is -0.138. The van der Waals surface area contributed by atoms with Gasteiger partial charge in [0.05, 0.1) is 18.4 Å². The average Bonchev–Trinajstić information content (AvgIpc) is 2.45. The molecule has 0 aliphatic rings. The van der Waals surface area contributed by atoms with Gasteiger partial charge < -0.3 is 4.74 Å². The van der Waals surface area contributed by atoms with Crippen LogP contribution in [0.1, 0.15) is 15.9 Å². The van der Waals surface area contributed by atoms with Gasteiger partial charge in [-0.05, 0) is 18.2 Å². The Labute approximate surface area is 133 Å². The second-order valence-corrected chi connectivity index (χ2v) is 5.01. The summed E-state index contributed by atoms with van der Waals surface area (Å²) in [4.78, 5) is 15.4.